The van der Waals surface area contributed by atoms with Crippen LogP contribution < -0.4 is 5.73 Å². The molecule has 1 aromatic carbocycles. The summed E-state index contributed by atoms with van der Waals surface area (Å²) in [5, 5.41) is 0.454. The second-order valence-electron chi connectivity index (χ2n) is 5.82. The third-order valence-electron chi connectivity index (χ3n) is 4.20. The lowest BCUT2D eigenvalue weighted by Gasteiger charge is -2.39. The Labute approximate surface area is 114 Å². The SMILES string of the molecule is CC1CCCC(CN)(Cc2ccc(Cl)cc2F)C1. The highest BCUT2D eigenvalue weighted by Crippen LogP contribution is 2.41. The zero-order chi connectivity index (χ0) is 13.2. The molecule has 1 nitrogen and oxygen atoms in total. The van der Waals surface area contributed by atoms with E-state index in [1.54, 1.807) is 12.1 Å². The van der Waals surface area contributed by atoms with Crippen LogP contribution in [0.1, 0.15) is 38.2 Å². The lowest BCUT2D eigenvalue weighted by Crippen LogP contribution is -2.37. The van der Waals surface area contributed by atoms with E-state index in [9.17, 15) is 4.39 Å². The van der Waals surface area contributed by atoms with Gasteiger partial charge in [-0.25, -0.2) is 4.39 Å². The smallest absolute Gasteiger partial charge is 0.127 e. The van der Waals surface area contributed by atoms with Crippen LogP contribution in [-0.2, 0) is 6.42 Å². The van der Waals surface area contributed by atoms with E-state index < -0.39 is 0 Å². The molecule has 18 heavy (non-hydrogen) atoms. The monoisotopic (exact) mass is 269 g/mol. The van der Waals surface area contributed by atoms with Gasteiger partial charge in [-0.3, -0.25) is 0 Å². The minimum absolute atomic E-state index is 0.0757. The molecule has 0 spiro atoms. The lowest BCUT2D eigenvalue weighted by atomic mass is 9.67. The zero-order valence-electron chi connectivity index (χ0n) is 10.9. The molecule has 2 rings (SSSR count). The number of halogens is 2. The number of hydrogen-bond acceptors (Lipinski definition) is 1. The van der Waals surface area contributed by atoms with Crippen LogP contribution in [0.3, 0.4) is 0 Å². The van der Waals surface area contributed by atoms with Crippen molar-refractivity contribution in [3.63, 3.8) is 0 Å². The molecule has 0 bridgehead atoms. The third-order valence-corrected chi connectivity index (χ3v) is 4.43. The van der Waals surface area contributed by atoms with Gasteiger partial charge in [0.05, 0.1) is 0 Å². The maximum atomic E-state index is 13.9. The normalized spacial score (nSPS) is 28.3. The van der Waals surface area contributed by atoms with Gasteiger partial charge >= 0.3 is 0 Å². The van der Waals surface area contributed by atoms with Crippen molar-refractivity contribution in [1.82, 2.24) is 0 Å². The molecule has 2 N–H and O–H groups in total. The van der Waals surface area contributed by atoms with E-state index in [0.29, 0.717) is 17.5 Å². The molecule has 1 saturated carbocycles. The van der Waals surface area contributed by atoms with Gasteiger partial charge in [-0.1, -0.05) is 37.4 Å². The molecule has 1 aliphatic carbocycles. The second kappa shape index (κ2) is 5.58. The fourth-order valence-electron chi connectivity index (χ4n) is 3.26. The first kappa shape index (κ1) is 13.8. The zero-order valence-corrected chi connectivity index (χ0v) is 11.6. The maximum Gasteiger partial charge on any atom is 0.127 e. The molecule has 1 fully saturated rings. The van der Waals surface area contributed by atoms with Gasteiger partial charge in [0, 0.05) is 5.02 Å². The molecule has 3 heteroatoms. The van der Waals surface area contributed by atoms with Crippen molar-refractivity contribution in [3.8, 4) is 0 Å². The second-order valence-corrected chi connectivity index (χ2v) is 6.25. The molecule has 0 heterocycles. The Kier molecular flexibility index (Phi) is 4.29. The molecule has 1 aromatic rings. The first-order valence-electron chi connectivity index (χ1n) is 6.69. The summed E-state index contributed by atoms with van der Waals surface area (Å²) in [5.74, 6) is 0.492. The van der Waals surface area contributed by atoms with E-state index in [1.807, 2.05) is 0 Å². The predicted octanol–water partition coefficient (Wildman–Crippen LogP) is 4.18. The Morgan fingerprint density at radius 1 is 1.50 bits per heavy atom. The summed E-state index contributed by atoms with van der Waals surface area (Å²) in [6.45, 7) is 2.90. The van der Waals surface area contributed by atoms with Crippen LogP contribution in [0.25, 0.3) is 0 Å². The quantitative estimate of drug-likeness (QED) is 0.875. The molecule has 100 valence electrons. The minimum Gasteiger partial charge on any atom is -0.330 e. The first-order chi connectivity index (χ1) is 8.54. The van der Waals surface area contributed by atoms with E-state index >= 15 is 0 Å². The fraction of sp³-hybridized carbons (Fsp3) is 0.600. The van der Waals surface area contributed by atoms with Crippen LogP contribution in [0, 0.1) is 17.2 Å². The highest BCUT2D eigenvalue weighted by atomic mass is 35.5. The maximum absolute atomic E-state index is 13.9. The van der Waals surface area contributed by atoms with Gasteiger partial charge in [-0.05, 0) is 54.8 Å². The first-order valence-corrected chi connectivity index (χ1v) is 7.06. The Morgan fingerprint density at radius 3 is 2.89 bits per heavy atom. The molecular formula is C15H21ClFN. The lowest BCUT2D eigenvalue weighted by molar-refractivity contribution is 0.152. The van der Waals surface area contributed by atoms with Crippen LogP contribution in [-0.4, -0.2) is 6.54 Å². The van der Waals surface area contributed by atoms with Crippen LogP contribution in [0.4, 0.5) is 4.39 Å². The van der Waals surface area contributed by atoms with Crippen molar-refractivity contribution < 1.29 is 4.39 Å². The summed E-state index contributed by atoms with van der Waals surface area (Å²) in [6.07, 6.45) is 5.41. The average molecular weight is 270 g/mol. The van der Waals surface area contributed by atoms with Gasteiger partial charge in [-0.2, -0.15) is 0 Å². The molecule has 0 amide bonds. The molecule has 2 unspecified atom stereocenters. The number of rotatable bonds is 3. The molecule has 0 aromatic heterocycles. The number of benzene rings is 1. The Hall–Kier alpha value is -0.600. The van der Waals surface area contributed by atoms with E-state index in [0.717, 1.165) is 24.8 Å². The summed E-state index contributed by atoms with van der Waals surface area (Å²) >= 11 is 5.79. The van der Waals surface area contributed by atoms with Gasteiger partial charge < -0.3 is 5.73 Å². The van der Waals surface area contributed by atoms with Crippen LogP contribution in [0.15, 0.2) is 18.2 Å². The largest absolute Gasteiger partial charge is 0.330 e. The molecule has 2 atom stereocenters. The van der Waals surface area contributed by atoms with Crippen molar-refractivity contribution in [3.05, 3.63) is 34.6 Å². The van der Waals surface area contributed by atoms with Gasteiger partial charge in [0.15, 0.2) is 0 Å². The summed E-state index contributed by atoms with van der Waals surface area (Å²) in [4.78, 5) is 0. The van der Waals surface area contributed by atoms with E-state index in [-0.39, 0.29) is 11.2 Å². The van der Waals surface area contributed by atoms with Crippen molar-refractivity contribution in [2.75, 3.05) is 6.54 Å². The van der Waals surface area contributed by atoms with Gasteiger partial charge in [0.25, 0.3) is 0 Å². The van der Waals surface area contributed by atoms with Gasteiger partial charge in [0.2, 0.25) is 0 Å². The Balaban J connectivity index is 2.19. The molecule has 0 saturated heterocycles. The van der Waals surface area contributed by atoms with E-state index in [1.165, 1.54) is 18.9 Å². The molecule has 0 aliphatic heterocycles. The van der Waals surface area contributed by atoms with Crippen molar-refractivity contribution in [1.29, 1.82) is 0 Å². The predicted molar refractivity (Wildman–Crippen MR) is 74.2 cm³/mol. The fourth-order valence-corrected chi connectivity index (χ4v) is 3.41. The number of nitrogens with two attached hydrogens (primary N) is 1. The van der Waals surface area contributed by atoms with Crippen molar-refractivity contribution in [2.24, 2.45) is 17.1 Å². The van der Waals surface area contributed by atoms with Crippen molar-refractivity contribution in [2.45, 2.75) is 39.0 Å². The topological polar surface area (TPSA) is 26.0 Å². The molecule has 0 radical (unpaired) electrons. The standard InChI is InChI=1S/C15H21ClFN/c1-11-3-2-6-15(8-11,10-18)9-12-4-5-13(16)7-14(12)17/h4-5,7,11H,2-3,6,8-10,18H2,1H3. The summed E-state index contributed by atoms with van der Waals surface area (Å²) in [7, 11) is 0. The summed E-state index contributed by atoms with van der Waals surface area (Å²) in [6, 6.07) is 4.96. The Bertz CT molecular complexity index is 421. The van der Waals surface area contributed by atoms with Crippen LogP contribution in [0.2, 0.25) is 5.02 Å². The van der Waals surface area contributed by atoms with E-state index in [4.69, 9.17) is 17.3 Å². The number of hydrogen-bond donors (Lipinski definition) is 1. The average Bonchev–Trinajstić information content (AvgIpc) is 2.33. The third kappa shape index (κ3) is 3.04. The molecule has 1 aliphatic rings. The van der Waals surface area contributed by atoms with Crippen LogP contribution >= 0.6 is 11.6 Å². The van der Waals surface area contributed by atoms with E-state index in [2.05, 4.69) is 6.92 Å². The summed E-state index contributed by atoms with van der Waals surface area (Å²) < 4.78 is 13.9. The molecular weight excluding hydrogens is 249 g/mol. The van der Waals surface area contributed by atoms with Crippen LogP contribution in [0.5, 0.6) is 0 Å². The summed E-state index contributed by atoms with van der Waals surface area (Å²) in [5.41, 5.74) is 6.80. The van der Waals surface area contributed by atoms with Gasteiger partial charge in [-0.15, -0.1) is 0 Å². The van der Waals surface area contributed by atoms with Crippen molar-refractivity contribution >= 4 is 11.6 Å². The minimum atomic E-state index is -0.200. The highest BCUT2D eigenvalue weighted by Gasteiger charge is 2.34. The van der Waals surface area contributed by atoms with Gasteiger partial charge in [0.1, 0.15) is 5.82 Å². The Morgan fingerprint density at radius 2 is 2.28 bits per heavy atom. The highest BCUT2D eigenvalue weighted by molar-refractivity contribution is 6.30.